The molecule has 1 aliphatic heterocycles. The van der Waals surface area contributed by atoms with E-state index in [2.05, 4.69) is 14.7 Å². The maximum atomic E-state index is 13.4. The molecule has 0 radical (unpaired) electrons. The third-order valence-electron chi connectivity index (χ3n) is 4.84. The van der Waals surface area contributed by atoms with E-state index in [1.54, 1.807) is 0 Å². The van der Waals surface area contributed by atoms with Crippen LogP contribution >= 0.6 is 0 Å². The summed E-state index contributed by atoms with van der Waals surface area (Å²) in [7, 11) is -3.25. The van der Waals surface area contributed by atoms with Crippen LogP contribution in [0.2, 0.25) is 0 Å². The van der Waals surface area contributed by atoms with Crippen LogP contribution in [0.5, 0.6) is 0 Å². The Kier molecular flexibility index (Phi) is 5.60. The zero-order valence-corrected chi connectivity index (χ0v) is 16.4. The molecule has 13 heteroatoms. The first-order chi connectivity index (χ1) is 13.8. The van der Waals surface area contributed by atoms with Crippen molar-refractivity contribution < 1.29 is 35.2 Å². The van der Waals surface area contributed by atoms with E-state index in [4.69, 9.17) is 0 Å². The van der Waals surface area contributed by atoms with Gasteiger partial charge in [-0.2, -0.15) is 21.6 Å². The Labute approximate surface area is 168 Å². The predicted molar refractivity (Wildman–Crippen MR) is 97.0 cm³/mol. The zero-order valence-electron chi connectivity index (χ0n) is 15.6. The summed E-state index contributed by atoms with van der Waals surface area (Å²) in [5, 5.41) is 2.13. The van der Waals surface area contributed by atoms with Crippen LogP contribution in [-0.2, 0) is 21.2 Å². The lowest BCUT2D eigenvalue weighted by atomic mass is 9.83. The number of carbonyl (C=O) groups is 1. The number of aromatic nitrogens is 1. The van der Waals surface area contributed by atoms with E-state index in [0.29, 0.717) is 4.31 Å². The lowest BCUT2D eigenvalue weighted by Gasteiger charge is -2.31. The molecular weight excluding hydrogens is 435 g/mol. The van der Waals surface area contributed by atoms with Crippen LogP contribution in [-0.4, -0.2) is 42.3 Å². The Morgan fingerprint density at radius 1 is 1.23 bits per heavy atom. The van der Waals surface area contributed by atoms with Crippen molar-refractivity contribution in [2.45, 2.75) is 37.8 Å². The minimum Gasteiger partial charge on any atom is -0.305 e. The standard InChI is InChI=1S/C17H17F5N4O3S/c1-26-12(15(27)24-14-4-2-3-13(23-14)17(20,21)22)9-11(25-30(26,28)29)10-5-7-16(18,19)8-6-10/h2-4,9-10H,5-8H2,1H3,(H,23,24,27). The highest BCUT2D eigenvalue weighted by atomic mass is 32.2. The van der Waals surface area contributed by atoms with Gasteiger partial charge in [-0.15, -0.1) is 4.40 Å². The number of likely N-dealkylation sites (N-methyl/N-ethyl adjacent to an activating group) is 1. The number of nitrogens with one attached hydrogen (secondary N) is 1. The number of rotatable bonds is 3. The van der Waals surface area contributed by atoms with Crippen molar-refractivity contribution in [3.63, 3.8) is 0 Å². The first-order valence-electron chi connectivity index (χ1n) is 8.82. The number of pyridine rings is 1. The molecule has 1 amide bonds. The molecule has 164 valence electrons. The fourth-order valence-corrected chi connectivity index (χ4v) is 4.13. The van der Waals surface area contributed by atoms with E-state index in [0.717, 1.165) is 31.3 Å². The highest BCUT2D eigenvalue weighted by Gasteiger charge is 2.39. The van der Waals surface area contributed by atoms with Crippen LogP contribution in [0.25, 0.3) is 0 Å². The van der Waals surface area contributed by atoms with Crippen molar-refractivity contribution in [3.05, 3.63) is 35.7 Å². The summed E-state index contributed by atoms with van der Waals surface area (Å²) in [4.78, 5) is 15.9. The monoisotopic (exact) mass is 452 g/mol. The zero-order chi connectivity index (χ0) is 22.3. The second-order valence-electron chi connectivity index (χ2n) is 6.98. The van der Waals surface area contributed by atoms with Gasteiger partial charge >= 0.3 is 16.4 Å². The molecule has 0 saturated heterocycles. The molecule has 0 spiro atoms. The first-order valence-corrected chi connectivity index (χ1v) is 10.2. The number of nitrogens with zero attached hydrogens (tertiary/aromatic N) is 3. The number of amides is 1. The SMILES string of the molecule is CN1C(C(=O)Nc2cccc(C(F)(F)F)n2)=CC(C2CCC(F)(F)CC2)=NS1(=O)=O. The molecule has 7 nitrogen and oxygen atoms in total. The van der Waals surface area contributed by atoms with E-state index in [9.17, 15) is 35.2 Å². The summed E-state index contributed by atoms with van der Waals surface area (Å²) in [5.41, 5.74) is -1.67. The molecule has 30 heavy (non-hydrogen) atoms. The summed E-state index contributed by atoms with van der Waals surface area (Å²) in [6.07, 6.45) is -4.46. The molecule has 3 rings (SSSR count). The number of carbonyl (C=O) groups excluding carboxylic acids is 1. The minimum atomic E-state index is -4.73. The lowest BCUT2D eigenvalue weighted by Crippen LogP contribution is -2.38. The topological polar surface area (TPSA) is 91.7 Å². The van der Waals surface area contributed by atoms with Gasteiger partial charge in [0.25, 0.3) is 5.91 Å². The Morgan fingerprint density at radius 3 is 2.47 bits per heavy atom. The fourth-order valence-electron chi connectivity index (χ4n) is 3.16. The summed E-state index contributed by atoms with van der Waals surface area (Å²) >= 11 is 0. The number of halogens is 5. The molecular formula is C17H17F5N4O3S. The average Bonchev–Trinajstić information content (AvgIpc) is 2.63. The number of allylic oxidation sites excluding steroid dienone is 1. The predicted octanol–water partition coefficient (Wildman–Crippen LogP) is 3.38. The third-order valence-corrected chi connectivity index (χ3v) is 6.17. The number of alkyl halides is 5. The minimum absolute atomic E-state index is 0.00828. The molecule has 1 aromatic rings. The quantitative estimate of drug-likeness (QED) is 0.712. The van der Waals surface area contributed by atoms with Crippen LogP contribution in [0.4, 0.5) is 27.8 Å². The van der Waals surface area contributed by atoms with Gasteiger partial charge in [-0.25, -0.2) is 18.1 Å². The van der Waals surface area contributed by atoms with Gasteiger partial charge in [0, 0.05) is 25.8 Å². The molecule has 1 saturated carbocycles. The number of hydrogen-bond donors (Lipinski definition) is 1. The molecule has 2 aliphatic rings. The van der Waals surface area contributed by atoms with Crippen molar-refractivity contribution in [1.82, 2.24) is 9.29 Å². The molecule has 1 aromatic heterocycles. The summed E-state index contributed by atoms with van der Waals surface area (Å²) < 4.78 is 94.0. The Morgan fingerprint density at radius 2 is 1.87 bits per heavy atom. The molecule has 0 atom stereocenters. The van der Waals surface area contributed by atoms with E-state index in [1.807, 2.05) is 0 Å². The van der Waals surface area contributed by atoms with Gasteiger partial charge in [0.2, 0.25) is 5.92 Å². The fraction of sp³-hybridized carbons (Fsp3) is 0.471. The maximum absolute atomic E-state index is 13.4. The van der Waals surface area contributed by atoms with Crippen molar-refractivity contribution in [2.24, 2.45) is 10.3 Å². The number of anilines is 1. The molecule has 2 heterocycles. The highest BCUT2D eigenvalue weighted by Crippen LogP contribution is 2.38. The molecule has 1 fully saturated rings. The summed E-state index contributed by atoms with van der Waals surface area (Å²) in [6, 6.07) is 2.87. The normalized spacial score (nSPS) is 21.6. The van der Waals surface area contributed by atoms with Gasteiger partial charge in [0.1, 0.15) is 17.2 Å². The molecule has 0 unspecified atom stereocenters. The number of hydrogen-bond acceptors (Lipinski definition) is 4. The van der Waals surface area contributed by atoms with Crippen molar-refractivity contribution in [1.29, 1.82) is 0 Å². The molecule has 1 aliphatic carbocycles. The molecule has 1 N–H and O–H groups in total. The van der Waals surface area contributed by atoms with Crippen LogP contribution in [0.1, 0.15) is 31.4 Å². The van der Waals surface area contributed by atoms with Gasteiger partial charge in [-0.1, -0.05) is 6.07 Å². The van der Waals surface area contributed by atoms with Gasteiger partial charge in [0.15, 0.2) is 0 Å². The van der Waals surface area contributed by atoms with Crippen molar-refractivity contribution in [2.75, 3.05) is 12.4 Å². The van der Waals surface area contributed by atoms with E-state index in [-0.39, 0.29) is 18.6 Å². The summed E-state index contributed by atoms with van der Waals surface area (Å²) in [5.74, 6) is -4.87. The van der Waals surface area contributed by atoms with Crippen LogP contribution in [0.3, 0.4) is 0 Å². The van der Waals surface area contributed by atoms with Gasteiger partial charge in [0.05, 0.1) is 5.71 Å². The van der Waals surface area contributed by atoms with E-state index >= 15 is 0 Å². The second-order valence-corrected chi connectivity index (χ2v) is 8.61. The molecule has 0 bridgehead atoms. The van der Waals surface area contributed by atoms with Gasteiger partial charge in [-0.05, 0) is 31.1 Å². The molecule has 0 aromatic carbocycles. The smallest absolute Gasteiger partial charge is 0.305 e. The van der Waals surface area contributed by atoms with Crippen LogP contribution < -0.4 is 5.32 Å². The maximum Gasteiger partial charge on any atom is 0.433 e. The second kappa shape index (κ2) is 7.60. The third kappa shape index (κ3) is 4.77. The highest BCUT2D eigenvalue weighted by molar-refractivity contribution is 7.88. The van der Waals surface area contributed by atoms with Gasteiger partial charge < -0.3 is 5.32 Å². The summed E-state index contributed by atoms with van der Waals surface area (Å²) in [6.45, 7) is 0. The van der Waals surface area contributed by atoms with Crippen LogP contribution in [0, 0.1) is 5.92 Å². The first kappa shape index (κ1) is 22.1. The van der Waals surface area contributed by atoms with Crippen molar-refractivity contribution >= 4 is 27.6 Å². The van der Waals surface area contributed by atoms with Crippen LogP contribution in [0.15, 0.2) is 34.4 Å². The Bertz CT molecular complexity index is 1010. The Hall–Kier alpha value is -2.57. The van der Waals surface area contributed by atoms with E-state index in [1.165, 1.54) is 0 Å². The Balaban J connectivity index is 1.85. The largest absolute Gasteiger partial charge is 0.433 e. The lowest BCUT2D eigenvalue weighted by molar-refractivity contribution is -0.141. The van der Waals surface area contributed by atoms with Crippen molar-refractivity contribution in [3.8, 4) is 0 Å². The average molecular weight is 452 g/mol. The van der Waals surface area contributed by atoms with Gasteiger partial charge in [-0.3, -0.25) is 4.79 Å². The van der Waals surface area contributed by atoms with E-state index < -0.39 is 64.2 Å².